The van der Waals surface area contributed by atoms with Gasteiger partial charge in [-0.1, -0.05) is 54.1 Å². The summed E-state index contributed by atoms with van der Waals surface area (Å²) in [7, 11) is 0. The van der Waals surface area contributed by atoms with Gasteiger partial charge < -0.3 is 15.7 Å². The summed E-state index contributed by atoms with van der Waals surface area (Å²) in [4.78, 5) is 7.14. The number of halogens is 1. The number of aliphatic hydroxyl groups excluding tert-OH is 1. The third-order valence-corrected chi connectivity index (χ3v) is 5.33. The van der Waals surface area contributed by atoms with Gasteiger partial charge >= 0.3 is 0 Å². The number of nitrogens with one attached hydrogen (secondary N) is 2. The number of aliphatic hydroxyl groups is 1. The third kappa shape index (κ3) is 8.24. The van der Waals surface area contributed by atoms with Crippen LogP contribution in [0.25, 0.3) is 0 Å². The second-order valence-electron chi connectivity index (χ2n) is 7.86. The van der Waals surface area contributed by atoms with Gasteiger partial charge in [0.2, 0.25) is 0 Å². The van der Waals surface area contributed by atoms with Crippen molar-refractivity contribution < 1.29 is 5.11 Å². The number of aryl methyl sites for hydroxylation is 1. The first-order chi connectivity index (χ1) is 14.1. The zero-order valence-corrected chi connectivity index (χ0v) is 20.4. The summed E-state index contributed by atoms with van der Waals surface area (Å²) in [6.07, 6.45) is 1.66. The van der Waals surface area contributed by atoms with E-state index in [4.69, 9.17) is 4.99 Å². The Kier molecular flexibility index (Phi) is 10.6. The van der Waals surface area contributed by atoms with Gasteiger partial charge in [-0.05, 0) is 43.4 Å². The van der Waals surface area contributed by atoms with E-state index in [0.29, 0.717) is 6.54 Å². The molecule has 0 unspecified atom stereocenters. The molecule has 30 heavy (non-hydrogen) atoms. The quantitative estimate of drug-likeness (QED) is 0.294. The molecule has 3 N–H and O–H groups in total. The molecule has 0 bridgehead atoms. The van der Waals surface area contributed by atoms with Crippen molar-refractivity contribution >= 4 is 29.9 Å². The monoisotopic (exact) mass is 522 g/mol. The number of aliphatic imine (C=N–C) groups is 1. The first kappa shape index (κ1) is 24.6. The van der Waals surface area contributed by atoms with E-state index < -0.39 is 0 Å². The number of benzene rings is 2. The number of hydrogen-bond acceptors (Lipinski definition) is 3. The van der Waals surface area contributed by atoms with Gasteiger partial charge in [-0.3, -0.25) is 4.90 Å². The van der Waals surface area contributed by atoms with E-state index in [0.717, 1.165) is 51.5 Å². The topological polar surface area (TPSA) is 59.9 Å². The Morgan fingerprint density at radius 3 is 2.20 bits per heavy atom. The van der Waals surface area contributed by atoms with Crippen molar-refractivity contribution in [3.8, 4) is 0 Å². The Bertz CT molecular complexity index is 769. The van der Waals surface area contributed by atoms with Gasteiger partial charge in [-0.25, -0.2) is 4.99 Å². The molecule has 0 atom stereocenters. The van der Waals surface area contributed by atoms with Gasteiger partial charge in [0, 0.05) is 32.7 Å². The van der Waals surface area contributed by atoms with Crippen LogP contribution in [0.2, 0.25) is 0 Å². The summed E-state index contributed by atoms with van der Waals surface area (Å²) >= 11 is 0. The lowest BCUT2D eigenvalue weighted by molar-refractivity contribution is 0.0792. The van der Waals surface area contributed by atoms with E-state index in [9.17, 15) is 5.11 Å². The van der Waals surface area contributed by atoms with E-state index in [2.05, 4.69) is 77.9 Å². The van der Waals surface area contributed by atoms with Gasteiger partial charge in [0.15, 0.2) is 5.96 Å². The number of nitrogens with zero attached hydrogens (tertiary/aromatic N) is 2. The highest BCUT2D eigenvalue weighted by molar-refractivity contribution is 14.0. The number of piperidine rings is 1. The Hall–Kier alpha value is -1.64. The average Bonchev–Trinajstić information content (AvgIpc) is 2.74. The molecule has 164 valence electrons. The number of guanidine groups is 1. The Labute approximate surface area is 198 Å². The Morgan fingerprint density at radius 2 is 1.57 bits per heavy atom. The lowest BCUT2D eigenvalue weighted by Crippen LogP contribution is -2.36. The SMILES string of the molecule is CCNC(=NCc1ccc(CN2CCC(O)CC2)cc1)NCc1ccc(C)cc1.I. The smallest absolute Gasteiger partial charge is 0.191 e. The molecule has 0 amide bonds. The summed E-state index contributed by atoms with van der Waals surface area (Å²) in [5.41, 5.74) is 5.04. The second-order valence-corrected chi connectivity index (χ2v) is 7.86. The van der Waals surface area contributed by atoms with Crippen LogP contribution in [-0.4, -0.2) is 41.7 Å². The molecule has 0 aliphatic carbocycles. The van der Waals surface area contributed by atoms with Gasteiger partial charge in [0.25, 0.3) is 0 Å². The fourth-order valence-corrected chi connectivity index (χ4v) is 3.49. The molecule has 1 aliphatic rings. The molecular formula is C24H35IN4O. The summed E-state index contributed by atoms with van der Waals surface area (Å²) < 4.78 is 0. The Balaban J connectivity index is 0.00000320. The molecule has 1 saturated heterocycles. The lowest BCUT2D eigenvalue weighted by Gasteiger charge is -2.29. The minimum Gasteiger partial charge on any atom is -0.393 e. The largest absolute Gasteiger partial charge is 0.393 e. The molecule has 1 fully saturated rings. The van der Waals surface area contributed by atoms with E-state index in [1.54, 1.807) is 0 Å². The number of hydrogen-bond donors (Lipinski definition) is 3. The van der Waals surface area contributed by atoms with Crippen molar-refractivity contribution in [3.63, 3.8) is 0 Å². The van der Waals surface area contributed by atoms with Crippen LogP contribution in [0.15, 0.2) is 53.5 Å². The van der Waals surface area contributed by atoms with Crippen LogP contribution >= 0.6 is 24.0 Å². The standard InChI is InChI=1S/C24H34N4O.HI/c1-3-25-24(26-16-20-6-4-19(2)5-7-20)27-17-21-8-10-22(11-9-21)18-28-14-12-23(29)13-15-28;/h4-11,23,29H,3,12-18H2,1-2H3,(H2,25,26,27);1H. The fraction of sp³-hybridized carbons (Fsp3) is 0.458. The first-order valence-electron chi connectivity index (χ1n) is 10.7. The molecular weight excluding hydrogens is 487 g/mol. The molecule has 2 aromatic rings. The highest BCUT2D eigenvalue weighted by Gasteiger charge is 2.16. The molecule has 3 rings (SSSR count). The predicted molar refractivity (Wildman–Crippen MR) is 135 cm³/mol. The van der Waals surface area contributed by atoms with E-state index in [-0.39, 0.29) is 30.1 Å². The van der Waals surface area contributed by atoms with Crippen LogP contribution in [0.1, 0.15) is 42.0 Å². The van der Waals surface area contributed by atoms with Gasteiger partial charge in [-0.15, -0.1) is 24.0 Å². The number of rotatable bonds is 7. The zero-order chi connectivity index (χ0) is 20.5. The van der Waals surface area contributed by atoms with Crippen molar-refractivity contribution in [2.75, 3.05) is 19.6 Å². The first-order valence-corrected chi connectivity index (χ1v) is 10.7. The highest BCUT2D eigenvalue weighted by atomic mass is 127. The molecule has 6 heteroatoms. The minimum atomic E-state index is -0.114. The number of likely N-dealkylation sites (tertiary alicyclic amines) is 1. The van der Waals surface area contributed by atoms with Crippen LogP contribution in [0.5, 0.6) is 0 Å². The van der Waals surface area contributed by atoms with Crippen molar-refractivity contribution in [2.45, 2.75) is 52.4 Å². The van der Waals surface area contributed by atoms with E-state index in [1.165, 1.54) is 22.3 Å². The molecule has 0 aromatic heterocycles. The van der Waals surface area contributed by atoms with Crippen LogP contribution in [0, 0.1) is 6.92 Å². The molecule has 0 saturated carbocycles. The lowest BCUT2D eigenvalue weighted by atomic mass is 10.1. The zero-order valence-electron chi connectivity index (χ0n) is 18.1. The van der Waals surface area contributed by atoms with Gasteiger partial charge in [0.1, 0.15) is 0 Å². The molecule has 0 spiro atoms. The third-order valence-electron chi connectivity index (χ3n) is 5.33. The highest BCUT2D eigenvalue weighted by Crippen LogP contribution is 2.14. The normalized spacial score (nSPS) is 15.5. The Morgan fingerprint density at radius 1 is 0.967 bits per heavy atom. The molecule has 5 nitrogen and oxygen atoms in total. The minimum absolute atomic E-state index is 0. The molecule has 1 aliphatic heterocycles. The molecule has 0 radical (unpaired) electrons. The van der Waals surface area contributed by atoms with Crippen LogP contribution in [0.3, 0.4) is 0 Å². The van der Waals surface area contributed by atoms with Crippen LogP contribution < -0.4 is 10.6 Å². The van der Waals surface area contributed by atoms with Crippen molar-refractivity contribution in [1.82, 2.24) is 15.5 Å². The predicted octanol–water partition coefficient (Wildman–Crippen LogP) is 3.83. The average molecular weight is 522 g/mol. The van der Waals surface area contributed by atoms with E-state index in [1.807, 2.05) is 0 Å². The van der Waals surface area contributed by atoms with Crippen molar-refractivity contribution in [3.05, 3.63) is 70.8 Å². The fourth-order valence-electron chi connectivity index (χ4n) is 3.49. The summed E-state index contributed by atoms with van der Waals surface area (Å²) in [6, 6.07) is 17.3. The molecule has 1 heterocycles. The maximum absolute atomic E-state index is 9.64. The maximum Gasteiger partial charge on any atom is 0.191 e. The van der Waals surface area contributed by atoms with Crippen molar-refractivity contribution in [1.29, 1.82) is 0 Å². The molecule has 2 aromatic carbocycles. The van der Waals surface area contributed by atoms with Gasteiger partial charge in [0.05, 0.1) is 12.6 Å². The van der Waals surface area contributed by atoms with Crippen LogP contribution in [0.4, 0.5) is 0 Å². The second kappa shape index (κ2) is 12.9. The van der Waals surface area contributed by atoms with Crippen molar-refractivity contribution in [2.24, 2.45) is 4.99 Å². The summed E-state index contributed by atoms with van der Waals surface area (Å²) in [6.45, 7) is 9.34. The maximum atomic E-state index is 9.64. The summed E-state index contributed by atoms with van der Waals surface area (Å²) in [5, 5.41) is 16.4. The van der Waals surface area contributed by atoms with Crippen LogP contribution in [-0.2, 0) is 19.6 Å². The van der Waals surface area contributed by atoms with Gasteiger partial charge in [-0.2, -0.15) is 0 Å². The van der Waals surface area contributed by atoms with E-state index >= 15 is 0 Å². The summed E-state index contributed by atoms with van der Waals surface area (Å²) in [5.74, 6) is 0.837.